The molecule has 1 atom stereocenters. The maximum absolute atomic E-state index is 12.8. The summed E-state index contributed by atoms with van der Waals surface area (Å²) >= 11 is 7.38. The van der Waals surface area contributed by atoms with Crippen LogP contribution in [0.15, 0.2) is 77.3 Å². The molecule has 190 valence electrons. The first-order chi connectivity index (χ1) is 18.0. The standard InChI is InChI=1S/C29H28ClN3O3S/c30-18-27(34)32-14-11-29(12-15-32)31-28(35)26(37-29)17-23-8-9-25(36-23)22-7-6-21-10-13-33(24(21)16-22)19-20-4-2-1-3-5-20/h1-10,13,16,26H,11-12,14-15,17-19H2,(H,31,35). The van der Waals surface area contributed by atoms with Gasteiger partial charge in [0, 0.05) is 43.3 Å². The van der Waals surface area contributed by atoms with Crippen molar-refractivity contribution in [1.82, 2.24) is 14.8 Å². The number of thioether (sulfide) groups is 1. The van der Waals surface area contributed by atoms with Crippen LogP contribution >= 0.6 is 23.4 Å². The van der Waals surface area contributed by atoms with Crippen LogP contribution in [0.2, 0.25) is 0 Å². The van der Waals surface area contributed by atoms with E-state index in [0.29, 0.717) is 19.5 Å². The first-order valence-electron chi connectivity index (χ1n) is 12.6. The van der Waals surface area contributed by atoms with Crippen LogP contribution in [0.3, 0.4) is 0 Å². The van der Waals surface area contributed by atoms with Gasteiger partial charge >= 0.3 is 0 Å². The van der Waals surface area contributed by atoms with Crippen LogP contribution in [0.5, 0.6) is 0 Å². The molecule has 2 amide bonds. The fourth-order valence-electron chi connectivity index (χ4n) is 5.32. The van der Waals surface area contributed by atoms with E-state index < -0.39 is 0 Å². The number of halogens is 1. The summed E-state index contributed by atoms with van der Waals surface area (Å²) in [6.45, 7) is 2.04. The van der Waals surface area contributed by atoms with Crippen molar-refractivity contribution >= 4 is 46.1 Å². The zero-order valence-electron chi connectivity index (χ0n) is 20.4. The van der Waals surface area contributed by atoms with E-state index in [1.54, 1.807) is 16.7 Å². The van der Waals surface area contributed by atoms with Gasteiger partial charge in [-0.3, -0.25) is 9.59 Å². The third kappa shape index (κ3) is 4.90. The third-order valence-corrected chi connectivity index (χ3v) is 9.21. The van der Waals surface area contributed by atoms with E-state index in [2.05, 4.69) is 64.6 Å². The summed E-state index contributed by atoms with van der Waals surface area (Å²) < 4.78 is 8.49. The molecular weight excluding hydrogens is 506 g/mol. The number of benzene rings is 2. The highest BCUT2D eigenvalue weighted by molar-refractivity contribution is 8.02. The van der Waals surface area contributed by atoms with Gasteiger partial charge in [0.15, 0.2) is 0 Å². The summed E-state index contributed by atoms with van der Waals surface area (Å²) in [6.07, 6.45) is 4.12. The number of hydrogen-bond donors (Lipinski definition) is 1. The van der Waals surface area contributed by atoms with Gasteiger partial charge in [-0.1, -0.05) is 42.5 Å². The Morgan fingerprint density at radius 3 is 2.68 bits per heavy atom. The molecule has 4 aromatic rings. The average Bonchev–Trinajstić information content (AvgIpc) is 3.63. The molecule has 2 aromatic heterocycles. The molecular formula is C29H28ClN3O3S. The number of nitrogens with one attached hydrogen (secondary N) is 1. The fourth-order valence-corrected chi connectivity index (χ4v) is 7.03. The second-order valence-corrected chi connectivity index (χ2v) is 11.6. The van der Waals surface area contributed by atoms with Gasteiger partial charge in [-0.25, -0.2) is 0 Å². The van der Waals surface area contributed by atoms with E-state index in [9.17, 15) is 9.59 Å². The number of hydrogen-bond acceptors (Lipinski definition) is 4. The van der Waals surface area contributed by atoms with E-state index in [0.717, 1.165) is 42.0 Å². The Kier molecular flexibility index (Phi) is 6.51. The lowest BCUT2D eigenvalue weighted by molar-refractivity contribution is -0.129. The summed E-state index contributed by atoms with van der Waals surface area (Å²) in [5.41, 5.74) is 3.43. The number of nitrogens with zero attached hydrogens (tertiary/aromatic N) is 2. The minimum Gasteiger partial charge on any atom is -0.461 e. The molecule has 2 saturated heterocycles. The normalized spacial score (nSPS) is 19.0. The number of likely N-dealkylation sites (tertiary alicyclic amines) is 1. The molecule has 0 bridgehead atoms. The van der Waals surface area contributed by atoms with Gasteiger partial charge in [0.25, 0.3) is 0 Å². The Labute approximate surface area is 225 Å². The Morgan fingerprint density at radius 1 is 1.08 bits per heavy atom. The highest BCUT2D eigenvalue weighted by atomic mass is 35.5. The lowest BCUT2D eigenvalue weighted by Gasteiger charge is -2.38. The predicted octanol–water partition coefficient (Wildman–Crippen LogP) is 5.28. The van der Waals surface area contributed by atoms with Crippen molar-refractivity contribution in [3.8, 4) is 11.3 Å². The SMILES string of the molecule is O=C1NC2(CCN(C(=O)CCl)CC2)SC1Cc1ccc(-c2ccc3ccn(Cc4ccccc4)c3c2)o1. The van der Waals surface area contributed by atoms with Crippen molar-refractivity contribution < 1.29 is 14.0 Å². The molecule has 2 aromatic carbocycles. The van der Waals surface area contributed by atoms with Crippen LogP contribution in [-0.2, 0) is 22.6 Å². The number of piperidine rings is 1. The van der Waals surface area contributed by atoms with Crippen molar-refractivity contribution in [2.75, 3.05) is 19.0 Å². The molecule has 8 heteroatoms. The first-order valence-corrected chi connectivity index (χ1v) is 14.0. The summed E-state index contributed by atoms with van der Waals surface area (Å²) in [5.74, 6) is 1.60. The number of amides is 2. The molecule has 4 heterocycles. The number of carbonyl (C=O) groups excluding carboxylic acids is 2. The van der Waals surface area contributed by atoms with Crippen LogP contribution in [0.4, 0.5) is 0 Å². The third-order valence-electron chi connectivity index (χ3n) is 7.35. The summed E-state index contributed by atoms with van der Waals surface area (Å²) in [6, 6.07) is 22.9. The Balaban J connectivity index is 1.15. The summed E-state index contributed by atoms with van der Waals surface area (Å²) in [7, 11) is 0. The Hall–Kier alpha value is -3.16. The first kappa shape index (κ1) is 24.2. The fraction of sp³-hybridized carbons (Fsp3) is 0.310. The highest BCUT2D eigenvalue weighted by Crippen LogP contribution is 2.43. The molecule has 2 aliphatic heterocycles. The molecule has 2 aliphatic rings. The van der Waals surface area contributed by atoms with Crippen molar-refractivity contribution in [2.24, 2.45) is 0 Å². The number of fused-ring (bicyclic) bond motifs is 1. The molecule has 0 radical (unpaired) electrons. The van der Waals surface area contributed by atoms with E-state index in [-0.39, 0.29) is 27.8 Å². The minimum absolute atomic E-state index is 0.00173. The quantitative estimate of drug-likeness (QED) is 0.342. The molecule has 0 saturated carbocycles. The molecule has 6 rings (SSSR count). The van der Waals surface area contributed by atoms with Crippen molar-refractivity contribution in [3.63, 3.8) is 0 Å². The smallest absolute Gasteiger partial charge is 0.237 e. The average molecular weight is 534 g/mol. The second kappa shape index (κ2) is 9.95. The number of carbonyl (C=O) groups is 2. The number of alkyl halides is 1. The molecule has 1 unspecified atom stereocenters. The van der Waals surface area contributed by atoms with Crippen LogP contribution in [0.1, 0.15) is 24.2 Å². The van der Waals surface area contributed by atoms with Gasteiger partial charge in [-0.15, -0.1) is 23.4 Å². The largest absolute Gasteiger partial charge is 0.461 e. The number of aromatic nitrogens is 1. The van der Waals surface area contributed by atoms with Crippen molar-refractivity contribution in [1.29, 1.82) is 0 Å². The van der Waals surface area contributed by atoms with Gasteiger partial charge in [0.2, 0.25) is 11.8 Å². The summed E-state index contributed by atoms with van der Waals surface area (Å²) in [4.78, 5) is 26.2. The number of furan rings is 1. The Bertz CT molecular complexity index is 1440. The van der Waals surface area contributed by atoms with Crippen molar-refractivity contribution in [2.45, 2.75) is 35.9 Å². The second-order valence-electron chi connectivity index (χ2n) is 9.78. The van der Waals surface area contributed by atoms with E-state index in [1.165, 1.54) is 10.9 Å². The van der Waals surface area contributed by atoms with Gasteiger partial charge < -0.3 is 19.2 Å². The summed E-state index contributed by atoms with van der Waals surface area (Å²) in [5, 5.41) is 4.19. The molecule has 37 heavy (non-hydrogen) atoms. The minimum atomic E-state index is -0.310. The lowest BCUT2D eigenvalue weighted by Crippen LogP contribution is -2.51. The van der Waals surface area contributed by atoms with E-state index >= 15 is 0 Å². The topological polar surface area (TPSA) is 67.5 Å². The van der Waals surface area contributed by atoms with Crippen LogP contribution in [0.25, 0.3) is 22.2 Å². The maximum atomic E-state index is 12.8. The maximum Gasteiger partial charge on any atom is 0.237 e. The van der Waals surface area contributed by atoms with Gasteiger partial charge in [-0.2, -0.15) is 0 Å². The monoisotopic (exact) mass is 533 g/mol. The Morgan fingerprint density at radius 2 is 1.89 bits per heavy atom. The van der Waals surface area contributed by atoms with Gasteiger partial charge in [-0.05, 0) is 48.1 Å². The zero-order chi connectivity index (χ0) is 25.4. The van der Waals surface area contributed by atoms with Gasteiger partial charge in [0.05, 0.1) is 10.1 Å². The molecule has 6 nitrogen and oxygen atoms in total. The number of rotatable bonds is 6. The predicted molar refractivity (Wildman–Crippen MR) is 148 cm³/mol. The van der Waals surface area contributed by atoms with E-state index in [4.69, 9.17) is 16.0 Å². The molecule has 2 fully saturated rings. The molecule has 1 N–H and O–H groups in total. The van der Waals surface area contributed by atoms with Crippen LogP contribution in [0, 0.1) is 0 Å². The van der Waals surface area contributed by atoms with E-state index in [1.807, 2.05) is 18.2 Å². The lowest BCUT2D eigenvalue weighted by atomic mass is 10.0. The highest BCUT2D eigenvalue weighted by Gasteiger charge is 2.47. The molecule has 0 aliphatic carbocycles. The van der Waals surface area contributed by atoms with Crippen LogP contribution < -0.4 is 5.32 Å². The van der Waals surface area contributed by atoms with Gasteiger partial charge in [0.1, 0.15) is 17.4 Å². The van der Waals surface area contributed by atoms with Crippen LogP contribution in [-0.4, -0.2) is 50.4 Å². The van der Waals surface area contributed by atoms with Crippen molar-refractivity contribution in [3.05, 3.63) is 84.3 Å². The zero-order valence-corrected chi connectivity index (χ0v) is 21.9. The molecule has 1 spiro atoms.